The van der Waals surface area contributed by atoms with Gasteiger partial charge >= 0.3 is 0 Å². The maximum absolute atomic E-state index is 9.63. The molecule has 0 saturated heterocycles. The zero-order valence-electron chi connectivity index (χ0n) is 7.00. The Labute approximate surface area is 67.8 Å². The second kappa shape index (κ2) is 11.7. The quantitative estimate of drug-likeness (QED) is 0.346. The number of aliphatic hydroxyl groups is 1. The van der Waals surface area contributed by atoms with Gasteiger partial charge in [0.05, 0.1) is 0 Å². The summed E-state index contributed by atoms with van der Waals surface area (Å²) in [6.45, 7) is 4.43. The van der Waals surface area contributed by atoms with Gasteiger partial charge in [-0.3, -0.25) is 4.79 Å². The lowest BCUT2D eigenvalue weighted by Gasteiger charge is -1.99. The molecule has 0 aliphatic rings. The van der Waals surface area contributed by atoms with E-state index in [2.05, 4.69) is 11.2 Å². The molecular weight excluding hydrogens is 142 g/mol. The first-order valence-corrected chi connectivity index (χ1v) is 3.62. The van der Waals surface area contributed by atoms with Crippen LogP contribution in [0.1, 0.15) is 20.3 Å². The van der Waals surface area contributed by atoms with Crippen LogP contribution in [-0.4, -0.2) is 24.2 Å². The fraction of sp³-hybridized carbons (Fsp3) is 0.625. The molecule has 0 saturated carbocycles. The average molecular weight is 157 g/mol. The van der Waals surface area contributed by atoms with Gasteiger partial charge in [0.2, 0.25) is 6.41 Å². The van der Waals surface area contributed by atoms with Gasteiger partial charge in [-0.1, -0.05) is 19.8 Å². The summed E-state index contributed by atoms with van der Waals surface area (Å²) in [7, 11) is 0. The molecule has 0 fully saturated rings. The number of rotatable bonds is 4. The molecule has 3 nitrogen and oxygen atoms in total. The highest BCUT2D eigenvalue weighted by Crippen LogP contribution is 1.84. The van der Waals surface area contributed by atoms with Crippen molar-refractivity contribution in [2.75, 3.05) is 6.54 Å². The lowest BCUT2D eigenvalue weighted by atomic mass is 10.3. The summed E-state index contributed by atoms with van der Waals surface area (Å²) < 4.78 is 0. The number of hydrogen-bond donors (Lipinski definition) is 2. The molecule has 3 heteroatoms. The fourth-order valence-electron chi connectivity index (χ4n) is 0.362. The van der Waals surface area contributed by atoms with E-state index in [1.807, 2.05) is 13.8 Å². The Morgan fingerprint density at radius 2 is 2.27 bits per heavy atom. The van der Waals surface area contributed by atoms with Gasteiger partial charge < -0.3 is 10.4 Å². The van der Waals surface area contributed by atoms with Gasteiger partial charge in [-0.05, 0) is 0 Å². The molecular formula is C8H15NO2. The van der Waals surface area contributed by atoms with Crippen molar-refractivity contribution in [2.45, 2.75) is 26.4 Å². The van der Waals surface area contributed by atoms with Gasteiger partial charge in [0.15, 0.2) is 0 Å². The minimum Gasteiger partial charge on any atom is -0.380 e. The van der Waals surface area contributed by atoms with Crippen LogP contribution in [0.15, 0.2) is 0 Å². The molecule has 64 valence electrons. The molecule has 0 spiro atoms. The minimum absolute atomic E-state index is 0.412. The van der Waals surface area contributed by atoms with Gasteiger partial charge in [0.25, 0.3) is 0 Å². The summed E-state index contributed by atoms with van der Waals surface area (Å²) in [6.07, 6.45) is 5.08. The Morgan fingerprint density at radius 3 is 2.64 bits per heavy atom. The van der Waals surface area contributed by atoms with Crippen LogP contribution < -0.4 is 5.32 Å². The van der Waals surface area contributed by atoms with E-state index in [9.17, 15) is 4.79 Å². The van der Waals surface area contributed by atoms with Crippen LogP contribution in [0.5, 0.6) is 0 Å². The molecule has 0 radical (unpaired) electrons. The van der Waals surface area contributed by atoms with Crippen molar-refractivity contribution in [3.05, 3.63) is 0 Å². The molecule has 1 amide bonds. The zero-order chi connectivity index (χ0) is 9.11. The Morgan fingerprint density at radius 1 is 1.73 bits per heavy atom. The van der Waals surface area contributed by atoms with E-state index >= 15 is 0 Å². The third kappa shape index (κ3) is 12.2. The van der Waals surface area contributed by atoms with Gasteiger partial charge in [-0.25, -0.2) is 0 Å². The predicted molar refractivity (Wildman–Crippen MR) is 44.9 cm³/mol. The van der Waals surface area contributed by atoms with Crippen LogP contribution in [0.3, 0.4) is 0 Å². The lowest BCUT2D eigenvalue weighted by molar-refractivity contribution is -0.109. The molecule has 0 heterocycles. The van der Waals surface area contributed by atoms with Crippen molar-refractivity contribution in [1.29, 1.82) is 0 Å². The fourth-order valence-corrected chi connectivity index (χ4v) is 0.362. The first kappa shape index (κ1) is 12.6. The predicted octanol–water partition coefficient (Wildman–Crippen LogP) is 0.143. The lowest BCUT2D eigenvalue weighted by Crippen LogP contribution is -2.17. The molecule has 0 rings (SSSR count). The highest BCUT2D eigenvalue weighted by molar-refractivity contribution is 5.45. The Kier molecular flexibility index (Phi) is 13.5. The number of carbonyl (C=O) groups is 1. The number of terminal acetylenes is 1. The van der Waals surface area contributed by atoms with Crippen LogP contribution in [0.25, 0.3) is 0 Å². The summed E-state index contributed by atoms with van der Waals surface area (Å²) in [4.78, 5) is 9.63. The molecule has 2 N–H and O–H groups in total. The summed E-state index contributed by atoms with van der Waals surface area (Å²) in [6, 6.07) is 0. The highest BCUT2D eigenvalue weighted by atomic mass is 16.3. The maximum Gasteiger partial charge on any atom is 0.207 e. The number of amides is 1. The molecule has 0 aliphatic heterocycles. The van der Waals surface area contributed by atoms with E-state index in [0.717, 1.165) is 0 Å². The summed E-state index contributed by atoms with van der Waals surface area (Å²) in [5, 5.41) is 11.1. The number of aliphatic hydroxyl groups excluding tert-OH is 1. The zero-order valence-corrected chi connectivity index (χ0v) is 7.00. The van der Waals surface area contributed by atoms with Crippen LogP contribution in [0.4, 0.5) is 0 Å². The monoisotopic (exact) mass is 157 g/mol. The molecule has 1 atom stereocenters. The van der Waals surface area contributed by atoms with Gasteiger partial charge in [0.1, 0.15) is 6.10 Å². The van der Waals surface area contributed by atoms with E-state index in [-0.39, 0.29) is 0 Å². The first-order valence-electron chi connectivity index (χ1n) is 3.62. The van der Waals surface area contributed by atoms with Gasteiger partial charge in [0, 0.05) is 13.0 Å². The second-order valence-corrected chi connectivity index (χ2v) is 1.54. The largest absolute Gasteiger partial charge is 0.380 e. The standard InChI is InChI=1S/C6H9NO2.C2H6/c1-2-6(9)3-4-7-5-8;1-2/h1,5-6,9H,3-4H2,(H,7,8);1-2H3. The van der Waals surface area contributed by atoms with Crippen LogP contribution in [0, 0.1) is 12.3 Å². The molecule has 0 aromatic heterocycles. The second-order valence-electron chi connectivity index (χ2n) is 1.54. The number of carbonyl (C=O) groups excluding carboxylic acids is 1. The SMILES string of the molecule is C#CC(O)CCNC=O.CC. The van der Waals surface area contributed by atoms with E-state index in [1.165, 1.54) is 0 Å². The van der Waals surface area contributed by atoms with E-state index in [4.69, 9.17) is 11.5 Å². The van der Waals surface area contributed by atoms with Gasteiger partial charge in [-0.15, -0.1) is 6.42 Å². The van der Waals surface area contributed by atoms with Crippen molar-refractivity contribution < 1.29 is 9.90 Å². The minimum atomic E-state index is -0.738. The molecule has 1 unspecified atom stereocenters. The summed E-state index contributed by atoms with van der Waals surface area (Å²) in [5.74, 6) is 2.12. The van der Waals surface area contributed by atoms with E-state index < -0.39 is 6.10 Å². The number of hydrogen-bond acceptors (Lipinski definition) is 2. The van der Waals surface area contributed by atoms with Gasteiger partial charge in [-0.2, -0.15) is 0 Å². The van der Waals surface area contributed by atoms with Crippen molar-refractivity contribution in [3.63, 3.8) is 0 Å². The Hall–Kier alpha value is -1.01. The Bertz CT molecular complexity index is 118. The van der Waals surface area contributed by atoms with Crippen LogP contribution in [0.2, 0.25) is 0 Å². The maximum atomic E-state index is 9.63. The smallest absolute Gasteiger partial charge is 0.207 e. The molecule has 0 aliphatic carbocycles. The van der Waals surface area contributed by atoms with Crippen LogP contribution >= 0.6 is 0 Å². The van der Waals surface area contributed by atoms with E-state index in [0.29, 0.717) is 19.4 Å². The number of nitrogens with one attached hydrogen (secondary N) is 1. The third-order valence-electron chi connectivity index (χ3n) is 0.838. The van der Waals surface area contributed by atoms with E-state index in [1.54, 1.807) is 0 Å². The summed E-state index contributed by atoms with van der Waals surface area (Å²) >= 11 is 0. The average Bonchev–Trinajstić information content (AvgIpc) is 2.08. The Balaban J connectivity index is 0. The normalized spacial score (nSPS) is 10.0. The molecule has 11 heavy (non-hydrogen) atoms. The molecule has 0 aromatic rings. The van der Waals surface area contributed by atoms with Crippen molar-refractivity contribution in [2.24, 2.45) is 0 Å². The third-order valence-corrected chi connectivity index (χ3v) is 0.838. The first-order chi connectivity index (χ1) is 5.31. The van der Waals surface area contributed by atoms with Crippen molar-refractivity contribution in [1.82, 2.24) is 5.32 Å². The summed E-state index contributed by atoms with van der Waals surface area (Å²) in [5.41, 5.74) is 0. The molecule has 0 aromatic carbocycles. The van der Waals surface area contributed by atoms with Crippen molar-refractivity contribution in [3.8, 4) is 12.3 Å². The van der Waals surface area contributed by atoms with Crippen LogP contribution in [-0.2, 0) is 4.79 Å². The topological polar surface area (TPSA) is 49.3 Å². The highest BCUT2D eigenvalue weighted by Gasteiger charge is 1.94. The van der Waals surface area contributed by atoms with Crippen molar-refractivity contribution >= 4 is 6.41 Å². The molecule has 0 bridgehead atoms.